The van der Waals surface area contributed by atoms with E-state index in [0.717, 1.165) is 6.92 Å². The van der Waals surface area contributed by atoms with Crippen molar-refractivity contribution in [2.24, 2.45) is 5.72 Å². The van der Waals surface area contributed by atoms with Crippen molar-refractivity contribution in [3.05, 3.63) is 0 Å². The molecular formula is C7H15NO5. The topological polar surface area (TPSA) is 116 Å². The SMILES string of the molecule is [2H]N([2H])[C@@]1([2H])C([2H])(O)O[C@]([2H])(C(C)O)[C@@]([2H])(O)[C@]1([2H])O. The summed E-state index contributed by atoms with van der Waals surface area (Å²) < 4.78 is 55.7. The number of hydrogen-bond acceptors (Lipinski definition) is 6. The molecule has 0 aromatic heterocycles. The molecule has 1 fully saturated rings. The Morgan fingerprint density at radius 3 is 2.54 bits per heavy atom. The molecule has 1 aliphatic heterocycles. The Kier molecular flexibility index (Phi) is 1.34. The molecule has 0 spiro atoms. The van der Waals surface area contributed by atoms with Crippen molar-refractivity contribution in [3.63, 3.8) is 0 Å². The highest BCUT2D eigenvalue weighted by Gasteiger charge is 2.43. The van der Waals surface area contributed by atoms with E-state index in [1.807, 2.05) is 0 Å². The van der Waals surface area contributed by atoms with Crippen LogP contribution in [0.2, 0.25) is 2.82 Å². The summed E-state index contributed by atoms with van der Waals surface area (Å²) in [4.78, 5) is 0. The quantitative estimate of drug-likeness (QED) is 0.327. The smallest absolute Gasteiger partial charge is 0.173 e. The predicted molar refractivity (Wildman–Crippen MR) is 42.5 cm³/mol. The largest absolute Gasteiger partial charge is 0.391 e. The van der Waals surface area contributed by atoms with Gasteiger partial charge in [0.15, 0.2) is 6.27 Å². The van der Waals surface area contributed by atoms with Crippen molar-refractivity contribution in [1.82, 2.24) is 0 Å². The Balaban J connectivity index is 3.63. The van der Waals surface area contributed by atoms with Gasteiger partial charge in [0.2, 0.25) is 0 Å². The van der Waals surface area contributed by atoms with E-state index in [1.165, 1.54) is 0 Å². The van der Waals surface area contributed by atoms with E-state index in [4.69, 9.17) is 9.68 Å². The summed E-state index contributed by atoms with van der Waals surface area (Å²) in [6, 6.07) is -3.68. The van der Waals surface area contributed by atoms with E-state index in [2.05, 4.69) is 4.74 Å². The number of hydrogen-bond donors (Lipinski definition) is 5. The monoisotopic (exact) mass is 200 g/mol. The fraction of sp³-hybridized carbons (Fsp3) is 1.00. The Bertz CT molecular complexity index is 405. The molecule has 0 aromatic rings. The number of nitrogens with two attached hydrogens (primary N) is 1. The Labute approximate surface area is 85.5 Å². The van der Waals surface area contributed by atoms with Crippen molar-refractivity contribution in [2.75, 3.05) is 0 Å². The average Bonchev–Trinajstić information content (AvgIpc) is 2.24. The predicted octanol–water partition coefficient (Wildman–Crippen LogP) is -2.87. The molecule has 6 atom stereocenters. The molecule has 0 bridgehead atoms. The van der Waals surface area contributed by atoms with Gasteiger partial charge in [0.25, 0.3) is 0 Å². The second kappa shape index (κ2) is 3.87. The summed E-state index contributed by atoms with van der Waals surface area (Å²) in [5.74, 6) is 0. The first kappa shape index (κ1) is 4.52. The summed E-state index contributed by atoms with van der Waals surface area (Å²) >= 11 is 0. The molecule has 0 aliphatic carbocycles. The summed E-state index contributed by atoms with van der Waals surface area (Å²) in [5.41, 5.74) is -0.797. The molecule has 2 unspecified atom stereocenters. The van der Waals surface area contributed by atoms with E-state index in [9.17, 15) is 20.4 Å². The van der Waals surface area contributed by atoms with Gasteiger partial charge in [-0.2, -0.15) is 0 Å². The highest BCUT2D eigenvalue weighted by Crippen LogP contribution is 2.20. The summed E-state index contributed by atoms with van der Waals surface area (Å²) in [6.07, 6.45) is -16.8. The molecule has 1 heterocycles. The van der Waals surface area contributed by atoms with Crippen LogP contribution in [0.4, 0.5) is 0 Å². The first-order chi connectivity index (χ1) is 8.59. The van der Waals surface area contributed by atoms with E-state index in [-0.39, 0.29) is 0 Å². The van der Waals surface area contributed by atoms with Gasteiger partial charge < -0.3 is 30.9 Å². The first-order valence-electron chi connectivity index (χ1n) is 6.82. The maximum atomic E-state index is 9.88. The minimum Gasteiger partial charge on any atom is -0.391 e. The number of rotatable bonds is 2. The van der Waals surface area contributed by atoms with Crippen LogP contribution in [-0.4, -0.2) is 57.1 Å². The molecule has 1 aliphatic rings. The van der Waals surface area contributed by atoms with Crippen LogP contribution in [0.3, 0.4) is 0 Å². The average molecular weight is 200 g/mol. The highest BCUT2D eigenvalue weighted by molar-refractivity contribution is 4.92. The Morgan fingerprint density at radius 1 is 1.46 bits per heavy atom. The lowest BCUT2D eigenvalue weighted by molar-refractivity contribution is -0.260. The molecule has 1 rings (SSSR count). The minimum atomic E-state index is -3.92. The van der Waals surface area contributed by atoms with Gasteiger partial charge in [-0.15, -0.1) is 0 Å². The Hall–Kier alpha value is -0.240. The van der Waals surface area contributed by atoms with Gasteiger partial charge in [-0.3, -0.25) is 0 Å². The van der Waals surface area contributed by atoms with Crippen LogP contribution >= 0.6 is 0 Å². The third-order valence-corrected chi connectivity index (χ3v) is 1.47. The molecule has 78 valence electrons. The zero-order valence-corrected chi connectivity index (χ0v) is 6.72. The van der Waals surface area contributed by atoms with Crippen LogP contribution < -0.4 is 5.72 Å². The van der Waals surface area contributed by atoms with Gasteiger partial charge in [-0.1, -0.05) is 0 Å². The maximum absolute atomic E-state index is 9.88. The van der Waals surface area contributed by atoms with Gasteiger partial charge in [0.05, 0.1) is 19.0 Å². The van der Waals surface area contributed by atoms with Gasteiger partial charge in [-0.05, 0) is 6.92 Å². The third kappa shape index (κ3) is 1.98. The molecule has 6 nitrogen and oxygen atoms in total. The lowest BCUT2D eigenvalue weighted by atomic mass is 9.95. The van der Waals surface area contributed by atoms with Crippen LogP contribution in [0, 0.1) is 0 Å². The van der Waals surface area contributed by atoms with Crippen molar-refractivity contribution in [3.8, 4) is 0 Å². The number of aliphatic hydroxyl groups excluding tert-OH is 1. The van der Waals surface area contributed by atoms with Crippen LogP contribution in [-0.2, 0) is 4.74 Å². The molecule has 0 amide bonds. The molecule has 0 saturated carbocycles. The van der Waals surface area contributed by atoms with Crippen molar-refractivity contribution in [1.29, 1.82) is 0 Å². The van der Waals surface area contributed by atoms with E-state index in [0.29, 0.717) is 0 Å². The van der Waals surface area contributed by atoms with Crippen LogP contribution in [0.25, 0.3) is 0 Å². The second-order valence-electron chi connectivity index (χ2n) is 2.49. The molecule has 13 heavy (non-hydrogen) atoms. The van der Waals surface area contributed by atoms with Crippen molar-refractivity contribution >= 4 is 0 Å². The van der Waals surface area contributed by atoms with Crippen LogP contribution in [0.15, 0.2) is 0 Å². The molecule has 6 heteroatoms. The highest BCUT2D eigenvalue weighted by atomic mass is 16.6. The van der Waals surface area contributed by atoms with Gasteiger partial charge in [-0.25, -0.2) is 0 Å². The van der Waals surface area contributed by atoms with Crippen molar-refractivity contribution < 1.29 is 34.8 Å². The van der Waals surface area contributed by atoms with E-state index >= 15 is 0 Å². The lowest BCUT2D eigenvalue weighted by Crippen LogP contribution is -2.63. The van der Waals surface area contributed by atoms with Crippen LogP contribution in [0.5, 0.6) is 0 Å². The zero-order chi connectivity index (χ0) is 16.4. The van der Waals surface area contributed by atoms with Gasteiger partial charge in [0, 0.05) is 0 Å². The number of ether oxygens (including phenoxy) is 1. The fourth-order valence-corrected chi connectivity index (χ4v) is 0.814. The summed E-state index contributed by atoms with van der Waals surface area (Å²) in [5, 5.41) is 38.8. The van der Waals surface area contributed by atoms with Crippen LogP contribution in [0.1, 0.15) is 13.8 Å². The first-order valence-corrected chi connectivity index (χ1v) is 3.43. The van der Waals surface area contributed by atoms with E-state index < -0.39 is 42.3 Å². The van der Waals surface area contributed by atoms with Gasteiger partial charge >= 0.3 is 0 Å². The number of aliphatic hydroxyl groups is 4. The molecule has 0 aromatic carbocycles. The summed E-state index contributed by atoms with van der Waals surface area (Å²) in [6.45, 7) is 0.828. The zero-order valence-electron chi connectivity index (χ0n) is 13.7. The fourth-order valence-electron chi connectivity index (χ4n) is 0.814. The maximum Gasteiger partial charge on any atom is 0.173 e. The molecule has 0 radical (unpaired) electrons. The molecule has 6 N–H and O–H groups in total. The second-order valence-corrected chi connectivity index (χ2v) is 2.49. The lowest BCUT2D eigenvalue weighted by Gasteiger charge is -2.40. The van der Waals surface area contributed by atoms with E-state index in [1.54, 1.807) is 0 Å². The minimum absolute atomic E-state index is 0.797. The summed E-state index contributed by atoms with van der Waals surface area (Å²) in [7, 11) is 0. The third-order valence-electron chi connectivity index (χ3n) is 1.47. The Morgan fingerprint density at radius 2 is 2.08 bits per heavy atom. The normalized spacial score (nSPS) is 85.2. The van der Waals surface area contributed by atoms with Gasteiger partial charge in [0.1, 0.15) is 21.1 Å². The molecular weight excluding hydrogens is 178 g/mol. The standard InChI is InChI=1S/C7H15NO5/c1-2(9)6-5(11)4(10)3(8)7(12)13-6/h2-7,9-12H,8H2,1H3/t2?,3-,4-,5+,6-,7?/m1/s1/i3D,4D,5D,6D,7D/hD2. The molecule has 1 saturated heterocycles. The van der Waals surface area contributed by atoms with Crippen molar-refractivity contribution in [2.45, 2.75) is 43.6 Å².